The Morgan fingerprint density at radius 1 is 1.38 bits per heavy atom. The Balaban J connectivity index is 2.20. The minimum Gasteiger partial charge on any atom is -0.481 e. The number of hydrogen-bond donors (Lipinski definition) is 1. The molecule has 2 aromatic rings. The molecule has 6 heteroatoms. The second-order valence-electron chi connectivity index (χ2n) is 5.90. The van der Waals surface area contributed by atoms with E-state index in [0.717, 1.165) is 5.56 Å². The number of aryl methyl sites for hydroxylation is 1. The number of rotatable bonds is 5. The van der Waals surface area contributed by atoms with E-state index in [1.54, 1.807) is 0 Å². The van der Waals surface area contributed by atoms with Gasteiger partial charge in [-0.15, -0.1) is 10.2 Å². The molecule has 112 valence electrons. The first-order valence-electron chi connectivity index (χ1n) is 6.57. The van der Waals surface area contributed by atoms with Crippen molar-refractivity contribution in [3.05, 3.63) is 34.7 Å². The summed E-state index contributed by atoms with van der Waals surface area (Å²) in [5, 5.41) is 17.4. The van der Waals surface area contributed by atoms with E-state index in [9.17, 15) is 4.79 Å². The molecule has 0 saturated carbocycles. The number of hydrogen-bond acceptors (Lipinski definition) is 4. The third kappa shape index (κ3) is 4.04. The van der Waals surface area contributed by atoms with Crippen LogP contribution >= 0.6 is 11.6 Å². The number of nitrogens with zero attached hydrogens (tertiary/aromatic N) is 2. The lowest BCUT2D eigenvalue weighted by Crippen LogP contribution is -2.19. The molecule has 0 spiro atoms. The van der Waals surface area contributed by atoms with Crippen LogP contribution in [0.5, 0.6) is 0 Å². The minimum absolute atomic E-state index is 0.0377. The number of halogens is 1. The van der Waals surface area contributed by atoms with Crippen LogP contribution in [0.4, 0.5) is 0 Å². The van der Waals surface area contributed by atoms with Gasteiger partial charge in [0.25, 0.3) is 0 Å². The fourth-order valence-electron chi connectivity index (χ4n) is 2.11. The summed E-state index contributed by atoms with van der Waals surface area (Å²) in [6.45, 7) is 5.65. The van der Waals surface area contributed by atoms with Crippen LogP contribution in [0.25, 0.3) is 11.5 Å². The first-order chi connectivity index (χ1) is 9.77. The Labute approximate surface area is 128 Å². The zero-order chi connectivity index (χ0) is 15.6. The summed E-state index contributed by atoms with van der Waals surface area (Å²) in [4.78, 5) is 10.8. The van der Waals surface area contributed by atoms with E-state index in [4.69, 9.17) is 21.1 Å². The van der Waals surface area contributed by atoms with Gasteiger partial charge >= 0.3 is 5.97 Å². The Bertz CT molecular complexity index is 665. The van der Waals surface area contributed by atoms with E-state index in [-0.39, 0.29) is 6.42 Å². The zero-order valence-electron chi connectivity index (χ0n) is 12.2. The monoisotopic (exact) mass is 308 g/mol. The van der Waals surface area contributed by atoms with Crippen molar-refractivity contribution in [3.63, 3.8) is 0 Å². The van der Waals surface area contributed by atoms with Crippen molar-refractivity contribution in [2.24, 2.45) is 5.41 Å². The Morgan fingerprint density at radius 2 is 2.10 bits per heavy atom. The number of carboxylic acids is 1. The van der Waals surface area contributed by atoms with Crippen molar-refractivity contribution in [1.29, 1.82) is 0 Å². The molecule has 0 amide bonds. The molecule has 0 bridgehead atoms. The molecular formula is C15H17ClN2O3. The molecule has 0 unspecified atom stereocenters. The summed E-state index contributed by atoms with van der Waals surface area (Å²) >= 11 is 6.17. The average Bonchev–Trinajstić information content (AvgIpc) is 2.74. The maximum atomic E-state index is 10.8. The standard InChI is InChI=1S/C15H17ClN2O3/c1-9-4-5-10(11(16)6-9)14-18-17-12(21-14)7-15(2,3)8-13(19)20/h4-6H,7-8H2,1-3H3,(H,19,20). The number of carbonyl (C=O) groups is 1. The molecule has 1 aromatic heterocycles. The van der Waals surface area contributed by atoms with Crippen LogP contribution in [0, 0.1) is 12.3 Å². The first kappa shape index (κ1) is 15.5. The normalized spacial score (nSPS) is 11.6. The molecule has 5 nitrogen and oxygen atoms in total. The van der Waals surface area contributed by atoms with Crippen molar-refractivity contribution in [2.45, 2.75) is 33.6 Å². The predicted molar refractivity (Wildman–Crippen MR) is 79.2 cm³/mol. The molecule has 1 N–H and O–H groups in total. The van der Waals surface area contributed by atoms with Crippen LogP contribution in [-0.2, 0) is 11.2 Å². The molecule has 1 aromatic carbocycles. The highest BCUT2D eigenvalue weighted by molar-refractivity contribution is 6.33. The van der Waals surface area contributed by atoms with Gasteiger partial charge in [-0.2, -0.15) is 0 Å². The fraction of sp³-hybridized carbons (Fsp3) is 0.400. The fourth-order valence-corrected chi connectivity index (χ4v) is 2.42. The number of carboxylic acid groups (broad SMARTS) is 1. The molecule has 0 aliphatic heterocycles. The van der Waals surface area contributed by atoms with Crippen molar-refractivity contribution in [1.82, 2.24) is 10.2 Å². The molecule has 2 rings (SSSR count). The second-order valence-corrected chi connectivity index (χ2v) is 6.30. The van der Waals surface area contributed by atoms with Gasteiger partial charge in [-0.3, -0.25) is 4.79 Å². The Morgan fingerprint density at radius 3 is 2.71 bits per heavy atom. The van der Waals surface area contributed by atoms with Crippen molar-refractivity contribution >= 4 is 17.6 Å². The SMILES string of the molecule is Cc1ccc(-c2nnc(CC(C)(C)CC(=O)O)o2)c(Cl)c1. The smallest absolute Gasteiger partial charge is 0.303 e. The van der Waals surface area contributed by atoms with Gasteiger partial charge in [-0.05, 0) is 30.0 Å². The molecule has 0 fully saturated rings. The summed E-state index contributed by atoms with van der Waals surface area (Å²) in [5.74, 6) is -0.0877. The van der Waals surface area contributed by atoms with Crippen LogP contribution in [0.2, 0.25) is 5.02 Å². The average molecular weight is 309 g/mol. The minimum atomic E-state index is -0.846. The molecule has 1 heterocycles. The Hall–Kier alpha value is -1.88. The third-order valence-corrected chi connectivity index (χ3v) is 3.39. The number of aliphatic carboxylic acids is 1. The van der Waals surface area contributed by atoms with Crippen LogP contribution in [0.1, 0.15) is 31.7 Å². The van der Waals surface area contributed by atoms with Gasteiger partial charge < -0.3 is 9.52 Å². The van der Waals surface area contributed by atoms with Crippen LogP contribution in [0.3, 0.4) is 0 Å². The molecular weight excluding hydrogens is 292 g/mol. The van der Waals surface area contributed by atoms with E-state index in [1.807, 2.05) is 39.0 Å². The third-order valence-electron chi connectivity index (χ3n) is 3.08. The predicted octanol–water partition coefficient (Wildman–Crippen LogP) is 3.74. The van der Waals surface area contributed by atoms with Crippen LogP contribution in [0.15, 0.2) is 22.6 Å². The maximum absolute atomic E-state index is 10.8. The Kier molecular flexibility index (Phi) is 4.32. The lowest BCUT2D eigenvalue weighted by molar-refractivity contribution is -0.139. The van der Waals surface area contributed by atoms with E-state index < -0.39 is 11.4 Å². The van der Waals surface area contributed by atoms with Crippen LogP contribution in [-0.4, -0.2) is 21.3 Å². The lowest BCUT2D eigenvalue weighted by atomic mass is 9.86. The van der Waals surface area contributed by atoms with E-state index >= 15 is 0 Å². The lowest BCUT2D eigenvalue weighted by Gasteiger charge is -2.19. The summed E-state index contributed by atoms with van der Waals surface area (Å²) in [6, 6.07) is 5.58. The largest absolute Gasteiger partial charge is 0.481 e. The van der Waals surface area contributed by atoms with E-state index in [0.29, 0.717) is 28.8 Å². The summed E-state index contributed by atoms with van der Waals surface area (Å²) in [6.07, 6.45) is 0.436. The van der Waals surface area contributed by atoms with E-state index in [1.165, 1.54) is 0 Å². The zero-order valence-corrected chi connectivity index (χ0v) is 12.9. The van der Waals surface area contributed by atoms with Crippen molar-refractivity contribution in [2.75, 3.05) is 0 Å². The van der Waals surface area contributed by atoms with E-state index in [2.05, 4.69) is 10.2 Å². The summed E-state index contributed by atoms with van der Waals surface area (Å²) in [5.41, 5.74) is 1.27. The van der Waals surface area contributed by atoms with Gasteiger partial charge in [-0.1, -0.05) is 31.5 Å². The molecule has 21 heavy (non-hydrogen) atoms. The van der Waals surface area contributed by atoms with Gasteiger partial charge in [0.1, 0.15) is 0 Å². The molecule has 0 saturated heterocycles. The van der Waals surface area contributed by atoms with Gasteiger partial charge in [0.15, 0.2) is 0 Å². The summed E-state index contributed by atoms with van der Waals surface area (Å²) < 4.78 is 5.61. The quantitative estimate of drug-likeness (QED) is 0.910. The van der Waals surface area contributed by atoms with Gasteiger partial charge in [0, 0.05) is 6.42 Å². The van der Waals surface area contributed by atoms with Crippen molar-refractivity contribution < 1.29 is 14.3 Å². The highest BCUT2D eigenvalue weighted by Gasteiger charge is 2.25. The number of benzene rings is 1. The summed E-state index contributed by atoms with van der Waals surface area (Å²) in [7, 11) is 0. The molecule has 0 radical (unpaired) electrons. The van der Waals surface area contributed by atoms with Gasteiger partial charge in [-0.25, -0.2) is 0 Å². The highest BCUT2D eigenvalue weighted by atomic mass is 35.5. The molecule has 0 aliphatic carbocycles. The van der Waals surface area contributed by atoms with Gasteiger partial charge in [0.2, 0.25) is 11.8 Å². The maximum Gasteiger partial charge on any atom is 0.303 e. The highest BCUT2D eigenvalue weighted by Crippen LogP contribution is 2.30. The second kappa shape index (κ2) is 5.85. The topological polar surface area (TPSA) is 76.2 Å². The molecule has 0 atom stereocenters. The number of aromatic nitrogens is 2. The van der Waals surface area contributed by atoms with Gasteiger partial charge in [0.05, 0.1) is 17.0 Å². The van der Waals surface area contributed by atoms with Crippen LogP contribution < -0.4 is 0 Å². The molecule has 0 aliphatic rings. The first-order valence-corrected chi connectivity index (χ1v) is 6.95. The van der Waals surface area contributed by atoms with Crippen molar-refractivity contribution in [3.8, 4) is 11.5 Å².